The lowest BCUT2D eigenvalue weighted by molar-refractivity contribution is 0.0194. The first kappa shape index (κ1) is 18.1. The van der Waals surface area contributed by atoms with Crippen molar-refractivity contribution in [3.63, 3.8) is 0 Å². The van der Waals surface area contributed by atoms with E-state index in [0.717, 1.165) is 5.56 Å². The molecule has 1 spiro atoms. The van der Waals surface area contributed by atoms with E-state index in [1.54, 1.807) is 4.90 Å². The van der Waals surface area contributed by atoms with E-state index in [1.807, 2.05) is 45.9 Å². The van der Waals surface area contributed by atoms with Gasteiger partial charge < -0.3 is 9.64 Å². The zero-order valence-corrected chi connectivity index (χ0v) is 16.1. The third kappa shape index (κ3) is 3.50. The van der Waals surface area contributed by atoms with Gasteiger partial charge in [-0.25, -0.2) is 4.79 Å². The van der Waals surface area contributed by atoms with Gasteiger partial charge in [-0.15, -0.1) is 0 Å². The van der Waals surface area contributed by atoms with E-state index in [4.69, 9.17) is 4.74 Å². The minimum atomic E-state index is -1.24. The Hall–Kier alpha value is -1.69. The van der Waals surface area contributed by atoms with Crippen molar-refractivity contribution >= 4 is 22.7 Å². The van der Waals surface area contributed by atoms with Crippen molar-refractivity contribution in [3.8, 4) is 0 Å². The second kappa shape index (κ2) is 6.24. The molecule has 0 aliphatic carbocycles. The fourth-order valence-corrected chi connectivity index (χ4v) is 5.34. The number of likely N-dealkylation sites (tertiary alicyclic amines) is 1. The first-order valence-corrected chi connectivity index (χ1v) is 9.80. The van der Waals surface area contributed by atoms with Gasteiger partial charge in [0.1, 0.15) is 5.60 Å². The lowest BCUT2D eigenvalue weighted by Gasteiger charge is -2.43. The number of benzene rings is 1. The predicted molar refractivity (Wildman–Crippen MR) is 96.3 cm³/mol. The molecule has 1 amide bonds. The minimum absolute atomic E-state index is 0.0593. The summed E-state index contributed by atoms with van der Waals surface area (Å²) in [6, 6.07) is 5.55. The third-order valence-electron chi connectivity index (χ3n) is 4.84. The highest BCUT2D eigenvalue weighted by Gasteiger charge is 2.47. The lowest BCUT2D eigenvalue weighted by Crippen LogP contribution is -2.52. The van der Waals surface area contributed by atoms with Crippen molar-refractivity contribution in [2.24, 2.45) is 0 Å². The standard InChI is InChI=1S/C19H25NO4S/c1-13-5-6-16-14(11-13)15(21)12-19(25(16)23)7-9-20(10-8-19)17(22)24-18(2,3)4/h5-6,11H,7-10,12H2,1-4H3. The average molecular weight is 363 g/mol. The van der Waals surface area contributed by atoms with Crippen molar-refractivity contribution in [2.45, 2.75) is 62.2 Å². The average Bonchev–Trinajstić information content (AvgIpc) is 2.52. The highest BCUT2D eigenvalue weighted by atomic mass is 32.2. The molecule has 1 fully saturated rings. The summed E-state index contributed by atoms with van der Waals surface area (Å²) in [5, 5.41) is 0. The van der Waals surface area contributed by atoms with Gasteiger partial charge in [0.2, 0.25) is 0 Å². The van der Waals surface area contributed by atoms with E-state index >= 15 is 0 Å². The number of hydrogen-bond donors (Lipinski definition) is 0. The van der Waals surface area contributed by atoms with Crippen LogP contribution in [0.1, 0.15) is 56.0 Å². The van der Waals surface area contributed by atoms with Gasteiger partial charge in [0, 0.05) is 25.1 Å². The van der Waals surface area contributed by atoms with Crippen LogP contribution >= 0.6 is 0 Å². The maximum Gasteiger partial charge on any atom is 0.410 e. The molecule has 1 atom stereocenters. The van der Waals surface area contributed by atoms with E-state index in [2.05, 4.69) is 0 Å². The van der Waals surface area contributed by atoms with E-state index in [-0.39, 0.29) is 18.3 Å². The number of nitrogens with zero attached hydrogens (tertiary/aromatic N) is 1. The number of aryl methyl sites for hydroxylation is 1. The van der Waals surface area contributed by atoms with E-state index in [1.165, 1.54) is 0 Å². The van der Waals surface area contributed by atoms with Crippen LogP contribution in [0.2, 0.25) is 0 Å². The first-order valence-electron chi connectivity index (χ1n) is 8.65. The molecule has 0 aromatic heterocycles. The summed E-state index contributed by atoms with van der Waals surface area (Å²) >= 11 is 0. The maximum absolute atomic E-state index is 13.2. The number of carbonyl (C=O) groups excluding carboxylic acids is 2. The van der Waals surface area contributed by atoms with Crippen LogP contribution in [0.25, 0.3) is 0 Å². The molecule has 2 heterocycles. The summed E-state index contributed by atoms with van der Waals surface area (Å²) in [4.78, 5) is 27.1. The van der Waals surface area contributed by atoms with Crippen LogP contribution in [-0.2, 0) is 15.5 Å². The number of carbonyl (C=O) groups is 2. The van der Waals surface area contributed by atoms with Crippen LogP contribution in [0.15, 0.2) is 23.1 Å². The number of ether oxygens (including phenoxy) is 1. The summed E-state index contributed by atoms with van der Waals surface area (Å²) in [6.45, 7) is 8.38. The summed E-state index contributed by atoms with van der Waals surface area (Å²) in [5.41, 5.74) is 1.06. The Morgan fingerprint density at radius 3 is 2.48 bits per heavy atom. The number of Topliss-reactive ketones (excluding diaryl/α,β-unsaturated/α-hetero) is 1. The zero-order valence-electron chi connectivity index (χ0n) is 15.3. The van der Waals surface area contributed by atoms with Gasteiger partial charge in [0.25, 0.3) is 0 Å². The minimum Gasteiger partial charge on any atom is -0.444 e. The number of amides is 1. The topological polar surface area (TPSA) is 63.7 Å². The van der Waals surface area contributed by atoms with E-state index < -0.39 is 21.1 Å². The number of rotatable bonds is 0. The molecule has 0 bridgehead atoms. The molecule has 2 aliphatic rings. The molecule has 25 heavy (non-hydrogen) atoms. The molecule has 0 saturated carbocycles. The molecule has 3 rings (SSSR count). The van der Waals surface area contributed by atoms with Crippen molar-refractivity contribution in [1.29, 1.82) is 0 Å². The number of hydrogen-bond acceptors (Lipinski definition) is 4. The number of piperidine rings is 1. The fourth-order valence-electron chi connectivity index (χ4n) is 3.50. The van der Waals surface area contributed by atoms with Crippen LogP contribution in [0.4, 0.5) is 4.79 Å². The molecular formula is C19H25NO4S. The lowest BCUT2D eigenvalue weighted by atomic mass is 9.88. The summed E-state index contributed by atoms with van der Waals surface area (Å²) in [5.74, 6) is 0.0593. The largest absolute Gasteiger partial charge is 0.444 e. The van der Waals surface area contributed by atoms with Crippen LogP contribution < -0.4 is 0 Å². The monoisotopic (exact) mass is 363 g/mol. The number of ketones is 1. The van der Waals surface area contributed by atoms with E-state index in [9.17, 15) is 13.8 Å². The van der Waals surface area contributed by atoms with Crippen LogP contribution in [0.5, 0.6) is 0 Å². The quantitative estimate of drug-likeness (QED) is 0.708. The van der Waals surface area contributed by atoms with Crippen molar-refractivity contribution < 1.29 is 18.5 Å². The second-order valence-electron chi connectivity index (χ2n) is 8.02. The Kier molecular flexibility index (Phi) is 4.52. The molecule has 5 nitrogen and oxygen atoms in total. The van der Waals surface area contributed by atoms with Crippen molar-refractivity contribution in [3.05, 3.63) is 29.3 Å². The normalized spacial score (nSPS) is 22.6. The van der Waals surface area contributed by atoms with Crippen molar-refractivity contribution in [1.82, 2.24) is 4.90 Å². The van der Waals surface area contributed by atoms with Crippen LogP contribution in [-0.4, -0.2) is 44.4 Å². The maximum atomic E-state index is 13.2. The first-order chi connectivity index (χ1) is 11.6. The molecular weight excluding hydrogens is 338 g/mol. The molecule has 136 valence electrons. The highest BCUT2D eigenvalue weighted by Crippen LogP contribution is 2.41. The molecule has 1 saturated heterocycles. The Labute approximate surface area is 151 Å². The molecule has 0 radical (unpaired) electrons. The molecule has 1 aromatic rings. The van der Waals surface area contributed by atoms with Crippen LogP contribution in [0.3, 0.4) is 0 Å². The fraction of sp³-hybridized carbons (Fsp3) is 0.579. The van der Waals surface area contributed by atoms with Gasteiger partial charge in [-0.3, -0.25) is 9.00 Å². The van der Waals surface area contributed by atoms with Crippen molar-refractivity contribution in [2.75, 3.05) is 13.1 Å². The van der Waals surface area contributed by atoms with Gasteiger partial charge in [0.15, 0.2) is 5.78 Å². The molecule has 0 N–H and O–H groups in total. The van der Waals surface area contributed by atoms with Crippen LogP contribution in [0, 0.1) is 6.92 Å². The molecule has 6 heteroatoms. The van der Waals surface area contributed by atoms with E-state index in [0.29, 0.717) is 36.4 Å². The third-order valence-corrected chi connectivity index (χ3v) is 6.93. The Morgan fingerprint density at radius 2 is 1.88 bits per heavy atom. The van der Waals surface area contributed by atoms with Gasteiger partial charge in [-0.2, -0.15) is 0 Å². The predicted octanol–water partition coefficient (Wildman–Crippen LogP) is 3.46. The summed E-state index contributed by atoms with van der Waals surface area (Å²) in [6.07, 6.45) is 1.06. The molecule has 1 aromatic carbocycles. The van der Waals surface area contributed by atoms with Gasteiger partial charge >= 0.3 is 6.09 Å². The summed E-state index contributed by atoms with van der Waals surface area (Å²) < 4.78 is 18.0. The van der Waals surface area contributed by atoms with Gasteiger partial charge in [-0.1, -0.05) is 11.6 Å². The molecule has 1 unspecified atom stereocenters. The highest BCUT2D eigenvalue weighted by molar-refractivity contribution is 7.86. The number of fused-ring (bicyclic) bond motifs is 1. The second-order valence-corrected chi connectivity index (χ2v) is 9.86. The Bertz CT molecular complexity index is 742. The Balaban J connectivity index is 1.77. The molecule has 2 aliphatic heterocycles. The SMILES string of the molecule is Cc1ccc2c(c1)C(=O)CC1(CCN(C(=O)OC(C)(C)C)CC1)S2=O. The smallest absolute Gasteiger partial charge is 0.410 e. The zero-order chi connectivity index (χ0) is 18.4. The Morgan fingerprint density at radius 1 is 1.24 bits per heavy atom. The van der Waals surface area contributed by atoms with Gasteiger partial charge in [-0.05, 0) is 52.7 Å². The summed E-state index contributed by atoms with van der Waals surface area (Å²) in [7, 11) is -1.24. The van der Waals surface area contributed by atoms with Gasteiger partial charge in [0.05, 0.1) is 20.4 Å².